The molecule has 1 amide bonds. The second-order valence-corrected chi connectivity index (χ2v) is 65.4. The van der Waals surface area contributed by atoms with Crippen molar-refractivity contribution in [2.45, 2.75) is 45.7 Å². The topological polar surface area (TPSA) is 29.1 Å². The first kappa shape index (κ1) is 23.9. The number of amides is 1. The summed E-state index contributed by atoms with van der Waals surface area (Å²) >= 11 is -4.99. The Balaban J connectivity index is 1.79. The van der Waals surface area contributed by atoms with Crippen LogP contribution in [0.4, 0.5) is 0 Å². The van der Waals surface area contributed by atoms with Crippen LogP contribution in [0.25, 0.3) is 11.1 Å². The van der Waals surface area contributed by atoms with E-state index >= 15 is 0 Å². The summed E-state index contributed by atoms with van der Waals surface area (Å²) in [5, 5.41) is 0. The molecule has 0 spiro atoms. The zero-order valence-electron chi connectivity index (χ0n) is 19.3. The molecule has 0 aliphatic heterocycles. The Bertz CT molecular complexity index is 1220. The molecule has 3 aromatic carbocycles. The SMILES string of the molecule is C[SiH](C)[Hf]([Cl])([Cl])([NH]C(=O)c1cccc(C(C)(C)C)c1)[c]1cccc2c1Cc1ccccc1-2. The van der Waals surface area contributed by atoms with Crippen molar-refractivity contribution < 1.29 is 20.4 Å². The van der Waals surface area contributed by atoms with E-state index < -0.39 is 21.6 Å². The summed E-state index contributed by atoms with van der Waals surface area (Å²) in [4.78, 5) is 13.5. The van der Waals surface area contributed by atoms with Crippen LogP contribution in [0.1, 0.15) is 47.8 Å². The Labute approximate surface area is 200 Å². The molecule has 0 unspecified atom stereocenters. The Morgan fingerprint density at radius 3 is 2.28 bits per heavy atom. The third-order valence-electron chi connectivity index (χ3n) is 6.69. The fourth-order valence-electron chi connectivity index (χ4n) is 4.52. The number of rotatable bonds is 4. The van der Waals surface area contributed by atoms with Gasteiger partial charge in [0.1, 0.15) is 0 Å². The number of benzene rings is 3. The number of halogens is 2. The maximum atomic E-state index is 13.5. The molecule has 167 valence electrons. The monoisotopic (exact) mass is 650 g/mol. The van der Waals surface area contributed by atoms with Crippen LogP contribution in [-0.4, -0.2) is 11.9 Å². The molecule has 1 aliphatic carbocycles. The fourth-order valence-corrected chi connectivity index (χ4v) is 29.6. The molecule has 0 saturated heterocycles. The van der Waals surface area contributed by atoms with Gasteiger partial charge in [-0.25, -0.2) is 0 Å². The molecule has 0 saturated carbocycles. The van der Waals surface area contributed by atoms with Gasteiger partial charge < -0.3 is 0 Å². The van der Waals surface area contributed by atoms with Crippen molar-refractivity contribution in [1.82, 2.24) is 3.30 Å². The number of carbonyl (C=O) groups is 1. The van der Waals surface area contributed by atoms with Crippen LogP contribution in [0.2, 0.25) is 13.1 Å². The number of hydrogen-bond acceptors (Lipinski definition) is 1. The molecule has 1 N–H and O–H groups in total. The maximum absolute atomic E-state index is 13.5. The predicted molar refractivity (Wildman–Crippen MR) is 138 cm³/mol. The van der Waals surface area contributed by atoms with E-state index in [-0.39, 0.29) is 11.3 Å². The molecule has 0 atom stereocenters. The molecule has 3 aromatic rings. The van der Waals surface area contributed by atoms with Crippen LogP contribution < -0.4 is 6.62 Å². The minimum absolute atomic E-state index is 0.0458. The Morgan fingerprint density at radius 1 is 0.938 bits per heavy atom. The van der Waals surface area contributed by atoms with Crippen molar-refractivity contribution in [3.05, 3.63) is 89.0 Å². The molecule has 0 aromatic heterocycles. The third-order valence-corrected chi connectivity index (χ3v) is 68.3. The summed E-state index contributed by atoms with van der Waals surface area (Å²) < 4.78 is 4.32. The Morgan fingerprint density at radius 2 is 1.59 bits per heavy atom. The van der Waals surface area contributed by atoms with Crippen LogP contribution in [-0.2, 0) is 27.4 Å². The number of hydrogen-bond donors (Lipinski definition) is 1. The summed E-state index contributed by atoms with van der Waals surface area (Å²) in [6, 6.07) is 22.5. The number of fused-ring (bicyclic) bond motifs is 3. The first-order valence-electron chi connectivity index (χ1n) is 11.1. The second kappa shape index (κ2) is 8.23. The van der Waals surface area contributed by atoms with E-state index in [2.05, 4.69) is 79.6 Å². The molecule has 0 bridgehead atoms. The Hall–Kier alpha value is -1.20. The van der Waals surface area contributed by atoms with Crippen molar-refractivity contribution in [1.29, 1.82) is 0 Å². The molecule has 32 heavy (non-hydrogen) atoms. The first-order valence-corrected chi connectivity index (χ1v) is 32.7. The van der Waals surface area contributed by atoms with E-state index in [1.54, 1.807) is 0 Å². The van der Waals surface area contributed by atoms with Crippen LogP contribution in [0.15, 0.2) is 66.7 Å². The molecular weight excluding hydrogens is 620 g/mol. The predicted octanol–water partition coefficient (Wildman–Crippen LogP) is 6.51. The van der Waals surface area contributed by atoms with E-state index in [1.807, 2.05) is 24.3 Å². The van der Waals surface area contributed by atoms with Gasteiger partial charge in [0.05, 0.1) is 0 Å². The number of carbonyl (C=O) groups excluding carboxylic acids is 1. The van der Waals surface area contributed by atoms with Gasteiger partial charge in [-0.3, -0.25) is 0 Å². The Kier molecular flexibility index (Phi) is 6.16. The van der Waals surface area contributed by atoms with Gasteiger partial charge in [-0.1, -0.05) is 0 Å². The van der Waals surface area contributed by atoms with Gasteiger partial charge in [-0.2, -0.15) is 0 Å². The van der Waals surface area contributed by atoms with Gasteiger partial charge >= 0.3 is 202 Å². The summed E-state index contributed by atoms with van der Waals surface area (Å²) in [5.41, 5.74) is 6.61. The quantitative estimate of drug-likeness (QED) is 0.251. The molecule has 0 heterocycles. The van der Waals surface area contributed by atoms with Gasteiger partial charge in [0.2, 0.25) is 0 Å². The third kappa shape index (κ3) is 4.09. The van der Waals surface area contributed by atoms with Gasteiger partial charge in [0.15, 0.2) is 0 Å². The molecule has 1 aliphatic rings. The van der Waals surface area contributed by atoms with Gasteiger partial charge in [-0.05, 0) is 0 Å². The van der Waals surface area contributed by atoms with E-state index in [0.29, 0.717) is 5.56 Å². The van der Waals surface area contributed by atoms with E-state index in [1.165, 1.54) is 22.3 Å². The van der Waals surface area contributed by atoms with Gasteiger partial charge in [-0.15, -0.1) is 0 Å². The van der Waals surface area contributed by atoms with Gasteiger partial charge in [0.25, 0.3) is 0 Å². The van der Waals surface area contributed by atoms with Crippen molar-refractivity contribution in [2.75, 3.05) is 0 Å². The summed E-state index contributed by atoms with van der Waals surface area (Å²) in [5.74, 6) is -1.84. The summed E-state index contributed by atoms with van der Waals surface area (Å²) in [6.07, 6.45) is 0.809. The van der Waals surface area contributed by atoms with Gasteiger partial charge in [0, 0.05) is 0 Å². The standard InChI is InChI=1S/C13H9.C11H15NO.C2H7Si.2ClH.Hf/c1-3-7-12-10(5-1)9-11-6-2-4-8-13(11)12;1-11(2,3)9-6-4-5-8(7-9)10(12)13;1-3-2;;;/h1-5,7-8H,9H2;4-7H,1-3H3,(H2,12,13);3H,1-2H3;2*1H;/q;;;;;+3/p-3. The second-order valence-electron chi connectivity index (χ2n) is 10.2. The molecule has 0 radical (unpaired) electrons. The van der Waals surface area contributed by atoms with Crippen LogP contribution in [0.5, 0.6) is 0 Å². The van der Waals surface area contributed by atoms with Crippen LogP contribution in [0, 0.1) is 0 Å². The first-order chi connectivity index (χ1) is 14.9. The molecular formula is C26H30Cl2HfNOSi. The average Bonchev–Trinajstić information content (AvgIpc) is 3.11. The average molecular weight is 650 g/mol. The summed E-state index contributed by atoms with van der Waals surface area (Å²) in [7, 11) is 15.1. The zero-order valence-corrected chi connectivity index (χ0v) is 25.6. The molecule has 4 rings (SSSR count). The minimum atomic E-state index is -4.99. The van der Waals surface area contributed by atoms with Crippen molar-refractivity contribution in [3.63, 3.8) is 0 Å². The summed E-state index contributed by atoms with van der Waals surface area (Å²) in [6.45, 7) is 10.8. The van der Waals surface area contributed by atoms with E-state index in [9.17, 15) is 4.79 Å². The van der Waals surface area contributed by atoms with Crippen molar-refractivity contribution >= 4 is 32.4 Å². The van der Waals surface area contributed by atoms with Crippen molar-refractivity contribution in [2.24, 2.45) is 0 Å². The molecule has 2 nitrogen and oxygen atoms in total. The number of nitrogens with one attached hydrogen (secondary N) is 1. The van der Waals surface area contributed by atoms with E-state index in [4.69, 9.17) is 17.2 Å². The fraction of sp³-hybridized carbons (Fsp3) is 0.269. The normalized spacial score (nSPS) is 14.4. The zero-order chi connectivity index (χ0) is 23.3. The van der Waals surface area contributed by atoms with E-state index in [0.717, 1.165) is 15.3 Å². The molecule has 0 fully saturated rings. The van der Waals surface area contributed by atoms with Crippen molar-refractivity contribution in [3.8, 4) is 11.1 Å². The van der Waals surface area contributed by atoms with Crippen LogP contribution >= 0.6 is 17.2 Å². The van der Waals surface area contributed by atoms with Crippen LogP contribution in [0.3, 0.4) is 0 Å². The molecule has 6 heteroatoms.